The van der Waals surface area contributed by atoms with E-state index in [1.807, 2.05) is 12.1 Å². The van der Waals surface area contributed by atoms with Gasteiger partial charge in [-0.25, -0.2) is 0 Å². The number of rotatable bonds is 3. The zero-order valence-corrected chi connectivity index (χ0v) is 11.6. The van der Waals surface area contributed by atoms with Gasteiger partial charge in [0, 0.05) is 31.4 Å². The number of nitrogens with zero attached hydrogens (tertiary/aromatic N) is 2. The van der Waals surface area contributed by atoms with Gasteiger partial charge in [-0.05, 0) is 38.1 Å². The predicted octanol–water partition coefficient (Wildman–Crippen LogP) is 2.18. The summed E-state index contributed by atoms with van der Waals surface area (Å²) in [5.74, 6) is 0. The van der Waals surface area contributed by atoms with Crippen molar-refractivity contribution in [3.05, 3.63) is 29.8 Å². The number of anilines is 1. The average molecular weight is 247 g/mol. The zero-order chi connectivity index (χ0) is 13.0. The Morgan fingerprint density at radius 2 is 2.06 bits per heavy atom. The number of hydrogen-bond acceptors (Lipinski definition) is 3. The third-order valence-corrected chi connectivity index (χ3v) is 3.92. The van der Waals surface area contributed by atoms with Crippen LogP contribution < -0.4 is 5.73 Å². The number of hydrogen-bond donors (Lipinski definition) is 1. The standard InChI is InChI=1S/C15H25N3/c1-3-14-12-17(2)9-6-10-18(14)11-13-7-4-5-8-15(13)16/h4-5,7-8,14H,3,6,9-12,16H2,1-2H3. The second-order valence-electron chi connectivity index (χ2n) is 5.35. The van der Waals surface area contributed by atoms with E-state index < -0.39 is 0 Å². The molecule has 2 N–H and O–H groups in total. The SMILES string of the molecule is CCC1CN(C)CCCN1Cc1ccccc1N. The highest BCUT2D eigenvalue weighted by atomic mass is 15.2. The molecule has 100 valence electrons. The van der Waals surface area contributed by atoms with Crippen molar-refractivity contribution in [2.45, 2.75) is 32.4 Å². The van der Waals surface area contributed by atoms with E-state index in [1.165, 1.54) is 38.0 Å². The monoisotopic (exact) mass is 247 g/mol. The van der Waals surface area contributed by atoms with Crippen LogP contribution in [-0.2, 0) is 6.54 Å². The maximum Gasteiger partial charge on any atom is 0.0359 e. The molecule has 1 unspecified atom stereocenters. The van der Waals surface area contributed by atoms with E-state index in [1.54, 1.807) is 0 Å². The van der Waals surface area contributed by atoms with E-state index in [4.69, 9.17) is 5.73 Å². The fourth-order valence-corrected chi connectivity index (χ4v) is 2.79. The molecule has 1 aromatic carbocycles. The Labute approximate surface area is 111 Å². The highest BCUT2D eigenvalue weighted by molar-refractivity contribution is 5.46. The molecule has 0 spiro atoms. The van der Waals surface area contributed by atoms with Gasteiger partial charge in [-0.1, -0.05) is 25.1 Å². The van der Waals surface area contributed by atoms with Crippen molar-refractivity contribution in [3.63, 3.8) is 0 Å². The smallest absolute Gasteiger partial charge is 0.0359 e. The first-order valence-corrected chi connectivity index (χ1v) is 6.96. The van der Waals surface area contributed by atoms with Crippen LogP contribution in [0.15, 0.2) is 24.3 Å². The molecule has 1 fully saturated rings. The first-order valence-electron chi connectivity index (χ1n) is 6.96. The Bertz CT molecular complexity index is 378. The highest BCUT2D eigenvalue weighted by Crippen LogP contribution is 2.19. The fraction of sp³-hybridized carbons (Fsp3) is 0.600. The Hall–Kier alpha value is -1.06. The summed E-state index contributed by atoms with van der Waals surface area (Å²) in [5.41, 5.74) is 8.24. The van der Waals surface area contributed by atoms with Gasteiger partial charge in [-0.2, -0.15) is 0 Å². The predicted molar refractivity (Wildman–Crippen MR) is 77.5 cm³/mol. The fourth-order valence-electron chi connectivity index (χ4n) is 2.79. The molecule has 1 heterocycles. The normalized spacial score (nSPS) is 22.9. The zero-order valence-electron chi connectivity index (χ0n) is 11.6. The lowest BCUT2D eigenvalue weighted by Crippen LogP contribution is -2.39. The molecule has 1 aliphatic heterocycles. The van der Waals surface area contributed by atoms with Gasteiger partial charge < -0.3 is 10.6 Å². The van der Waals surface area contributed by atoms with Crippen molar-refractivity contribution in [2.75, 3.05) is 32.4 Å². The van der Waals surface area contributed by atoms with Crippen molar-refractivity contribution in [2.24, 2.45) is 0 Å². The Morgan fingerprint density at radius 1 is 1.28 bits per heavy atom. The van der Waals surface area contributed by atoms with E-state index in [0.717, 1.165) is 12.2 Å². The van der Waals surface area contributed by atoms with E-state index in [-0.39, 0.29) is 0 Å². The van der Waals surface area contributed by atoms with Crippen molar-refractivity contribution in [1.82, 2.24) is 9.80 Å². The summed E-state index contributed by atoms with van der Waals surface area (Å²) in [6, 6.07) is 8.89. The molecule has 2 rings (SSSR count). The first kappa shape index (κ1) is 13.4. The molecule has 0 aliphatic carbocycles. The van der Waals surface area contributed by atoms with Crippen LogP contribution in [0.4, 0.5) is 5.69 Å². The van der Waals surface area contributed by atoms with Gasteiger partial charge in [0.05, 0.1) is 0 Å². The molecule has 0 saturated carbocycles. The maximum absolute atomic E-state index is 6.05. The number of nitrogen functional groups attached to an aromatic ring is 1. The van der Waals surface area contributed by atoms with Crippen LogP contribution in [0.3, 0.4) is 0 Å². The van der Waals surface area contributed by atoms with Crippen molar-refractivity contribution in [1.29, 1.82) is 0 Å². The molecule has 0 radical (unpaired) electrons. The van der Waals surface area contributed by atoms with E-state index in [2.05, 4.69) is 35.9 Å². The molecule has 1 saturated heterocycles. The van der Waals surface area contributed by atoms with Crippen LogP contribution in [-0.4, -0.2) is 42.5 Å². The van der Waals surface area contributed by atoms with Gasteiger partial charge in [0.1, 0.15) is 0 Å². The number of likely N-dealkylation sites (N-methyl/N-ethyl adjacent to an activating group) is 1. The van der Waals surface area contributed by atoms with Crippen molar-refractivity contribution < 1.29 is 0 Å². The van der Waals surface area contributed by atoms with Crippen molar-refractivity contribution in [3.8, 4) is 0 Å². The molecule has 0 aromatic heterocycles. The molecular weight excluding hydrogens is 222 g/mol. The summed E-state index contributed by atoms with van der Waals surface area (Å²) < 4.78 is 0. The molecule has 18 heavy (non-hydrogen) atoms. The summed E-state index contributed by atoms with van der Waals surface area (Å²) in [6.45, 7) is 6.82. The molecular formula is C15H25N3. The van der Waals surface area contributed by atoms with Gasteiger partial charge in [0.15, 0.2) is 0 Å². The summed E-state index contributed by atoms with van der Waals surface area (Å²) in [5, 5.41) is 0. The minimum atomic E-state index is 0.650. The van der Waals surface area contributed by atoms with Crippen LogP contribution in [0.2, 0.25) is 0 Å². The molecule has 3 nitrogen and oxygen atoms in total. The largest absolute Gasteiger partial charge is 0.398 e. The third kappa shape index (κ3) is 3.24. The van der Waals surface area contributed by atoms with Gasteiger partial charge >= 0.3 is 0 Å². The molecule has 1 aromatic rings. The lowest BCUT2D eigenvalue weighted by molar-refractivity contribution is 0.176. The van der Waals surface area contributed by atoms with Crippen LogP contribution in [0.1, 0.15) is 25.3 Å². The van der Waals surface area contributed by atoms with E-state index in [0.29, 0.717) is 6.04 Å². The molecule has 1 aliphatic rings. The van der Waals surface area contributed by atoms with Gasteiger partial charge in [-0.15, -0.1) is 0 Å². The van der Waals surface area contributed by atoms with Gasteiger partial charge in [-0.3, -0.25) is 4.90 Å². The number of benzene rings is 1. The van der Waals surface area contributed by atoms with E-state index >= 15 is 0 Å². The van der Waals surface area contributed by atoms with Gasteiger partial charge in [0.25, 0.3) is 0 Å². The highest BCUT2D eigenvalue weighted by Gasteiger charge is 2.22. The Morgan fingerprint density at radius 3 is 2.78 bits per heavy atom. The Balaban J connectivity index is 2.08. The summed E-state index contributed by atoms with van der Waals surface area (Å²) in [6.07, 6.45) is 2.46. The minimum absolute atomic E-state index is 0.650. The van der Waals surface area contributed by atoms with Crippen LogP contribution in [0, 0.1) is 0 Å². The van der Waals surface area contributed by atoms with Crippen LogP contribution >= 0.6 is 0 Å². The van der Waals surface area contributed by atoms with Crippen LogP contribution in [0.25, 0.3) is 0 Å². The third-order valence-electron chi connectivity index (χ3n) is 3.92. The summed E-state index contributed by atoms with van der Waals surface area (Å²) in [4.78, 5) is 5.04. The van der Waals surface area contributed by atoms with Crippen molar-refractivity contribution >= 4 is 5.69 Å². The van der Waals surface area contributed by atoms with Crippen LogP contribution in [0.5, 0.6) is 0 Å². The lowest BCUT2D eigenvalue weighted by Gasteiger charge is -2.30. The first-order chi connectivity index (χ1) is 8.70. The molecule has 0 bridgehead atoms. The lowest BCUT2D eigenvalue weighted by atomic mass is 10.1. The Kier molecular flexibility index (Phi) is 4.61. The molecule has 3 heteroatoms. The number of para-hydroxylation sites is 1. The second-order valence-corrected chi connectivity index (χ2v) is 5.35. The topological polar surface area (TPSA) is 32.5 Å². The summed E-state index contributed by atoms with van der Waals surface area (Å²) >= 11 is 0. The van der Waals surface area contributed by atoms with E-state index in [9.17, 15) is 0 Å². The second kappa shape index (κ2) is 6.21. The minimum Gasteiger partial charge on any atom is -0.398 e. The molecule has 1 atom stereocenters. The quantitative estimate of drug-likeness (QED) is 0.831. The average Bonchev–Trinajstić information content (AvgIpc) is 2.54. The number of nitrogens with two attached hydrogens (primary N) is 1. The maximum atomic E-state index is 6.05. The summed E-state index contributed by atoms with van der Waals surface area (Å²) in [7, 11) is 2.23. The van der Waals surface area contributed by atoms with Gasteiger partial charge in [0.2, 0.25) is 0 Å². The molecule has 0 amide bonds.